The van der Waals surface area contributed by atoms with Crippen molar-refractivity contribution in [1.82, 2.24) is 9.97 Å². The fourth-order valence-corrected chi connectivity index (χ4v) is 2.79. The van der Waals surface area contributed by atoms with Crippen molar-refractivity contribution in [3.05, 3.63) is 33.5 Å². The third-order valence-electron chi connectivity index (χ3n) is 3.13. The van der Waals surface area contributed by atoms with Gasteiger partial charge in [-0.05, 0) is 47.6 Å². The number of anilines is 1. The Morgan fingerprint density at radius 3 is 2.71 bits per heavy atom. The van der Waals surface area contributed by atoms with Crippen LogP contribution in [0.1, 0.15) is 26.0 Å². The van der Waals surface area contributed by atoms with Crippen LogP contribution in [-0.2, 0) is 6.42 Å². The van der Waals surface area contributed by atoms with Crippen LogP contribution in [0, 0.1) is 3.57 Å². The molecule has 0 fully saturated rings. The molecule has 1 aromatic heterocycles. The molecule has 0 amide bonds. The average Bonchev–Trinajstić information content (AvgIpc) is 2.54. The third-order valence-corrected chi connectivity index (χ3v) is 4.26. The first-order valence-corrected chi connectivity index (χ1v) is 8.22. The van der Waals surface area contributed by atoms with Gasteiger partial charge >= 0.3 is 0 Å². The third kappa shape index (κ3) is 3.84. The number of rotatable bonds is 6. The molecule has 0 unspecified atom stereocenters. The highest BCUT2D eigenvalue weighted by atomic mass is 127. The summed E-state index contributed by atoms with van der Waals surface area (Å²) in [6.07, 6.45) is 1.95. The van der Waals surface area contributed by atoms with E-state index in [0.29, 0.717) is 0 Å². The van der Waals surface area contributed by atoms with Gasteiger partial charge in [-0.3, -0.25) is 0 Å². The molecular formula is C16H20IN3O. The smallest absolute Gasteiger partial charge is 0.161 e. The molecule has 2 aromatic rings. The van der Waals surface area contributed by atoms with Gasteiger partial charge in [-0.2, -0.15) is 0 Å². The van der Waals surface area contributed by atoms with E-state index < -0.39 is 0 Å². The van der Waals surface area contributed by atoms with Crippen LogP contribution >= 0.6 is 22.6 Å². The summed E-state index contributed by atoms with van der Waals surface area (Å²) in [6.45, 7) is 5.17. The van der Waals surface area contributed by atoms with Gasteiger partial charge < -0.3 is 10.1 Å². The summed E-state index contributed by atoms with van der Waals surface area (Å²) < 4.78 is 6.39. The summed E-state index contributed by atoms with van der Waals surface area (Å²) in [7, 11) is 1.67. The van der Waals surface area contributed by atoms with E-state index in [1.165, 1.54) is 0 Å². The molecule has 0 aliphatic carbocycles. The van der Waals surface area contributed by atoms with Gasteiger partial charge in [0.2, 0.25) is 0 Å². The lowest BCUT2D eigenvalue weighted by Crippen LogP contribution is -2.08. The molecule has 0 saturated heterocycles. The largest absolute Gasteiger partial charge is 0.497 e. The predicted molar refractivity (Wildman–Crippen MR) is 94.9 cm³/mol. The fraction of sp³-hybridized carbons (Fsp3) is 0.375. The lowest BCUT2D eigenvalue weighted by atomic mass is 10.2. The molecule has 0 aliphatic rings. The lowest BCUT2D eigenvalue weighted by molar-refractivity contribution is 0.415. The Morgan fingerprint density at radius 2 is 2.05 bits per heavy atom. The van der Waals surface area contributed by atoms with Gasteiger partial charge in [0, 0.05) is 12.1 Å². The summed E-state index contributed by atoms with van der Waals surface area (Å²) in [4.78, 5) is 9.37. The predicted octanol–water partition coefficient (Wildman–Crippen LogP) is 4.14. The molecule has 0 aliphatic heterocycles. The van der Waals surface area contributed by atoms with Crippen molar-refractivity contribution in [2.75, 3.05) is 19.0 Å². The normalized spacial score (nSPS) is 10.5. The molecule has 0 atom stereocenters. The number of halogens is 1. The molecule has 4 nitrogen and oxygen atoms in total. The van der Waals surface area contributed by atoms with Crippen molar-refractivity contribution in [3.8, 4) is 17.1 Å². The van der Waals surface area contributed by atoms with Gasteiger partial charge in [-0.15, -0.1) is 0 Å². The highest BCUT2D eigenvalue weighted by Crippen LogP contribution is 2.26. The molecule has 2 rings (SSSR count). The maximum Gasteiger partial charge on any atom is 0.161 e. The van der Waals surface area contributed by atoms with Gasteiger partial charge in [0.1, 0.15) is 11.6 Å². The molecule has 0 saturated carbocycles. The summed E-state index contributed by atoms with van der Waals surface area (Å²) in [5.74, 6) is 2.47. The second kappa shape index (κ2) is 7.59. The molecule has 0 radical (unpaired) electrons. The highest BCUT2D eigenvalue weighted by molar-refractivity contribution is 14.1. The van der Waals surface area contributed by atoms with E-state index in [1.54, 1.807) is 7.11 Å². The van der Waals surface area contributed by atoms with Crippen molar-refractivity contribution in [2.45, 2.75) is 26.7 Å². The number of aryl methyl sites for hydroxylation is 1. The quantitative estimate of drug-likeness (QED) is 0.745. The van der Waals surface area contributed by atoms with E-state index in [4.69, 9.17) is 9.72 Å². The van der Waals surface area contributed by atoms with Gasteiger partial charge in [0.25, 0.3) is 0 Å². The van der Waals surface area contributed by atoms with E-state index in [9.17, 15) is 0 Å². The van der Waals surface area contributed by atoms with Crippen molar-refractivity contribution in [2.24, 2.45) is 0 Å². The first-order valence-electron chi connectivity index (χ1n) is 7.14. The summed E-state index contributed by atoms with van der Waals surface area (Å²) in [6, 6.07) is 7.85. The minimum absolute atomic E-state index is 0.741. The Morgan fingerprint density at radius 1 is 1.24 bits per heavy atom. The van der Waals surface area contributed by atoms with Crippen LogP contribution in [0.25, 0.3) is 11.4 Å². The summed E-state index contributed by atoms with van der Waals surface area (Å²) in [5.41, 5.74) is 2.04. The Kier molecular flexibility index (Phi) is 5.78. The Balaban J connectivity index is 2.47. The SMILES string of the molecule is CCCNc1nc(-c2cccc(OC)c2)nc(CC)c1I. The first-order chi connectivity index (χ1) is 10.2. The van der Waals surface area contributed by atoms with Crippen molar-refractivity contribution in [1.29, 1.82) is 0 Å². The van der Waals surface area contributed by atoms with E-state index in [-0.39, 0.29) is 0 Å². The average molecular weight is 397 g/mol. The van der Waals surface area contributed by atoms with Crippen LogP contribution in [0.5, 0.6) is 5.75 Å². The zero-order chi connectivity index (χ0) is 15.2. The Bertz CT molecular complexity index is 616. The summed E-state index contributed by atoms with van der Waals surface area (Å²) >= 11 is 2.32. The Labute approximate surface area is 139 Å². The first kappa shape index (κ1) is 16.0. The number of ether oxygens (including phenoxy) is 1. The zero-order valence-corrected chi connectivity index (χ0v) is 14.8. The van der Waals surface area contributed by atoms with E-state index in [1.807, 2.05) is 24.3 Å². The number of benzene rings is 1. The van der Waals surface area contributed by atoms with Crippen LogP contribution in [-0.4, -0.2) is 23.6 Å². The van der Waals surface area contributed by atoms with Crippen LogP contribution < -0.4 is 10.1 Å². The second-order valence-corrected chi connectivity index (χ2v) is 5.75. The van der Waals surface area contributed by atoms with Crippen LogP contribution in [0.4, 0.5) is 5.82 Å². The van der Waals surface area contributed by atoms with Crippen LogP contribution in [0.2, 0.25) is 0 Å². The van der Waals surface area contributed by atoms with Gasteiger partial charge in [-0.1, -0.05) is 26.0 Å². The molecule has 112 valence electrons. The van der Waals surface area contributed by atoms with Gasteiger partial charge in [0.15, 0.2) is 5.82 Å². The van der Waals surface area contributed by atoms with Crippen molar-refractivity contribution in [3.63, 3.8) is 0 Å². The van der Waals surface area contributed by atoms with E-state index in [2.05, 4.69) is 46.7 Å². The van der Waals surface area contributed by atoms with Crippen molar-refractivity contribution < 1.29 is 4.74 Å². The topological polar surface area (TPSA) is 47.0 Å². The minimum Gasteiger partial charge on any atom is -0.497 e. The number of nitrogens with zero attached hydrogens (tertiary/aromatic N) is 2. The fourth-order valence-electron chi connectivity index (χ4n) is 1.98. The number of methoxy groups -OCH3 is 1. The molecule has 5 heteroatoms. The lowest BCUT2D eigenvalue weighted by Gasteiger charge is -2.12. The van der Waals surface area contributed by atoms with Gasteiger partial charge in [0.05, 0.1) is 16.4 Å². The number of hydrogen-bond donors (Lipinski definition) is 1. The minimum atomic E-state index is 0.741. The Hall–Kier alpha value is -1.37. The van der Waals surface area contributed by atoms with E-state index >= 15 is 0 Å². The monoisotopic (exact) mass is 397 g/mol. The highest BCUT2D eigenvalue weighted by Gasteiger charge is 2.12. The summed E-state index contributed by atoms with van der Waals surface area (Å²) in [5, 5.41) is 3.39. The molecule has 0 spiro atoms. The number of nitrogens with one attached hydrogen (secondary N) is 1. The van der Waals surface area contributed by atoms with Crippen LogP contribution in [0.3, 0.4) is 0 Å². The molecule has 21 heavy (non-hydrogen) atoms. The number of aromatic nitrogens is 2. The maximum atomic E-state index is 5.28. The second-order valence-electron chi connectivity index (χ2n) is 4.67. The number of hydrogen-bond acceptors (Lipinski definition) is 4. The van der Waals surface area contributed by atoms with E-state index in [0.717, 1.165) is 51.6 Å². The van der Waals surface area contributed by atoms with Crippen molar-refractivity contribution >= 4 is 28.4 Å². The molecular weight excluding hydrogens is 377 g/mol. The molecule has 1 heterocycles. The molecule has 1 N–H and O–H groups in total. The zero-order valence-electron chi connectivity index (χ0n) is 12.6. The molecule has 1 aromatic carbocycles. The van der Waals surface area contributed by atoms with Crippen LogP contribution in [0.15, 0.2) is 24.3 Å². The standard InChI is InChI=1S/C16H20IN3O/c1-4-9-18-16-14(17)13(5-2)19-15(20-16)11-7-6-8-12(10-11)21-3/h6-8,10H,4-5,9H2,1-3H3,(H,18,19,20). The maximum absolute atomic E-state index is 5.28. The van der Waals surface area contributed by atoms with Gasteiger partial charge in [-0.25, -0.2) is 9.97 Å². The molecule has 0 bridgehead atoms.